The molecule has 1 amide bonds. The number of nitriles is 1. The van der Waals surface area contributed by atoms with E-state index in [-0.39, 0.29) is 12.2 Å². The van der Waals surface area contributed by atoms with Crippen molar-refractivity contribution in [3.8, 4) is 11.8 Å². The Morgan fingerprint density at radius 1 is 1.16 bits per heavy atom. The first-order valence-corrected chi connectivity index (χ1v) is 9.80. The fraction of sp³-hybridized carbons (Fsp3) is 0.125. The number of primary amides is 1. The lowest BCUT2D eigenvalue weighted by Crippen LogP contribution is -2.12. The van der Waals surface area contributed by atoms with Crippen LogP contribution in [0.4, 0.5) is 0 Å². The highest BCUT2D eigenvalue weighted by Crippen LogP contribution is 2.24. The second-order valence-corrected chi connectivity index (χ2v) is 7.39. The van der Waals surface area contributed by atoms with Gasteiger partial charge in [-0.05, 0) is 67.4 Å². The Kier molecular flexibility index (Phi) is 6.58. The SMILES string of the molecule is Cc1cc(/C=C(\C#N)C(=O)OCc2cccc(C(N)=O)c2)c(C)n1-c1cccc(Cl)c1. The van der Waals surface area contributed by atoms with Gasteiger partial charge in [-0.15, -0.1) is 0 Å². The molecule has 0 radical (unpaired) electrons. The minimum Gasteiger partial charge on any atom is -0.457 e. The number of halogens is 1. The number of benzene rings is 2. The first kappa shape index (κ1) is 21.9. The van der Waals surface area contributed by atoms with E-state index in [1.807, 2.05) is 48.7 Å². The number of hydrogen-bond donors (Lipinski definition) is 1. The molecule has 156 valence electrons. The summed E-state index contributed by atoms with van der Waals surface area (Å²) in [6.45, 7) is 3.75. The lowest BCUT2D eigenvalue weighted by molar-refractivity contribution is -0.139. The lowest BCUT2D eigenvalue weighted by Gasteiger charge is -2.10. The molecule has 0 aliphatic rings. The van der Waals surface area contributed by atoms with Crippen LogP contribution in [0.3, 0.4) is 0 Å². The molecule has 2 aromatic carbocycles. The maximum Gasteiger partial charge on any atom is 0.349 e. The molecule has 0 spiro atoms. The zero-order valence-electron chi connectivity index (χ0n) is 17.1. The molecule has 6 nitrogen and oxygen atoms in total. The third kappa shape index (κ3) is 5.03. The van der Waals surface area contributed by atoms with Crippen molar-refractivity contribution in [2.24, 2.45) is 5.73 Å². The van der Waals surface area contributed by atoms with Crippen molar-refractivity contribution in [3.63, 3.8) is 0 Å². The fourth-order valence-electron chi connectivity index (χ4n) is 3.28. The van der Waals surface area contributed by atoms with Crippen LogP contribution in [-0.2, 0) is 16.1 Å². The normalized spacial score (nSPS) is 11.1. The van der Waals surface area contributed by atoms with E-state index in [0.29, 0.717) is 16.1 Å². The number of nitrogens with zero attached hydrogens (tertiary/aromatic N) is 2. The Hall–Kier alpha value is -3.82. The Bertz CT molecular complexity index is 1240. The van der Waals surface area contributed by atoms with Crippen LogP contribution in [0.5, 0.6) is 0 Å². The summed E-state index contributed by atoms with van der Waals surface area (Å²) in [4.78, 5) is 23.7. The summed E-state index contributed by atoms with van der Waals surface area (Å²) < 4.78 is 7.25. The maximum atomic E-state index is 12.5. The predicted molar refractivity (Wildman–Crippen MR) is 119 cm³/mol. The molecule has 0 fully saturated rings. The number of hydrogen-bond acceptors (Lipinski definition) is 4. The molecule has 31 heavy (non-hydrogen) atoms. The van der Waals surface area contributed by atoms with Gasteiger partial charge in [0.05, 0.1) is 0 Å². The molecular weight excluding hydrogens is 414 g/mol. The lowest BCUT2D eigenvalue weighted by atomic mass is 10.1. The van der Waals surface area contributed by atoms with Gasteiger partial charge in [0, 0.05) is 27.7 Å². The number of carbonyl (C=O) groups is 2. The van der Waals surface area contributed by atoms with E-state index in [1.165, 1.54) is 6.08 Å². The Morgan fingerprint density at radius 3 is 2.58 bits per heavy atom. The van der Waals surface area contributed by atoms with Crippen LogP contribution in [0.2, 0.25) is 5.02 Å². The Balaban J connectivity index is 1.82. The molecule has 0 atom stereocenters. The van der Waals surface area contributed by atoms with Gasteiger partial charge < -0.3 is 15.0 Å². The van der Waals surface area contributed by atoms with Gasteiger partial charge in [-0.3, -0.25) is 4.79 Å². The van der Waals surface area contributed by atoms with Gasteiger partial charge in [0.1, 0.15) is 18.2 Å². The number of aromatic nitrogens is 1. The molecule has 0 aliphatic heterocycles. The van der Waals surface area contributed by atoms with Gasteiger partial charge in [-0.2, -0.15) is 5.26 Å². The highest BCUT2D eigenvalue weighted by Gasteiger charge is 2.15. The summed E-state index contributed by atoms with van der Waals surface area (Å²) in [6, 6.07) is 17.7. The van der Waals surface area contributed by atoms with Gasteiger partial charge in [-0.25, -0.2) is 4.79 Å². The molecule has 0 saturated carbocycles. The van der Waals surface area contributed by atoms with Crippen molar-refractivity contribution in [2.75, 3.05) is 0 Å². The molecule has 0 bridgehead atoms. The molecule has 0 saturated heterocycles. The van der Waals surface area contributed by atoms with E-state index in [4.69, 9.17) is 22.1 Å². The number of ether oxygens (including phenoxy) is 1. The first-order chi connectivity index (χ1) is 14.8. The van der Waals surface area contributed by atoms with Crippen molar-refractivity contribution in [2.45, 2.75) is 20.5 Å². The van der Waals surface area contributed by atoms with Gasteiger partial charge in [0.15, 0.2) is 0 Å². The number of aryl methyl sites for hydroxylation is 1. The van der Waals surface area contributed by atoms with Crippen LogP contribution in [0, 0.1) is 25.2 Å². The zero-order chi connectivity index (χ0) is 22.5. The van der Waals surface area contributed by atoms with Crippen molar-refractivity contribution in [1.29, 1.82) is 5.26 Å². The average Bonchev–Trinajstić information content (AvgIpc) is 3.03. The van der Waals surface area contributed by atoms with E-state index in [0.717, 1.165) is 22.6 Å². The topological polar surface area (TPSA) is 98.1 Å². The molecule has 0 aliphatic carbocycles. The summed E-state index contributed by atoms with van der Waals surface area (Å²) in [5.74, 6) is -1.32. The minimum atomic E-state index is -0.750. The molecular formula is C24H20ClN3O3. The maximum absolute atomic E-state index is 12.5. The standard InChI is InChI=1S/C24H20ClN3O3/c1-15-9-19(16(2)28(15)22-8-4-7-21(25)12-22)11-20(13-26)24(30)31-14-17-5-3-6-18(10-17)23(27)29/h3-12H,14H2,1-2H3,(H2,27,29)/b20-11+. The van der Waals surface area contributed by atoms with Crippen LogP contribution < -0.4 is 5.73 Å². The molecule has 7 heteroatoms. The van der Waals surface area contributed by atoms with E-state index in [1.54, 1.807) is 30.3 Å². The second kappa shape index (κ2) is 9.33. The highest BCUT2D eigenvalue weighted by molar-refractivity contribution is 6.30. The molecule has 1 heterocycles. The van der Waals surface area contributed by atoms with E-state index in [2.05, 4.69) is 0 Å². The Labute approximate surface area is 185 Å². The molecule has 1 aromatic heterocycles. The van der Waals surface area contributed by atoms with Crippen LogP contribution in [0.15, 0.2) is 60.2 Å². The van der Waals surface area contributed by atoms with Crippen molar-refractivity contribution < 1.29 is 14.3 Å². The monoisotopic (exact) mass is 433 g/mol. The largest absolute Gasteiger partial charge is 0.457 e. The van der Waals surface area contributed by atoms with Crippen LogP contribution in [0.1, 0.15) is 32.9 Å². The summed E-state index contributed by atoms with van der Waals surface area (Å²) in [5.41, 5.74) is 9.45. The summed E-state index contributed by atoms with van der Waals surface area (Å²) in [6.07, 6.45) is 1.51. The molecule has 3 rings (SSSR count). The number of carbonyl (C=O) groups excluding carboxylic acids is 2. The van der Waals surface area contributed by atoms with E-state index >= 15 is 0 Å². The molecule has 3 aromatic rings. The van der Waals surface area contributed by atoms with E-state index in [9.17, 15) is 14.9 Å². The zero-order valence-corrected chi connectivity index (χ0v) is 17.8. The average molecular weight is 434 g/mol. The van der Waals surface area contributed by atoms with Gasteiger partial charge >= 0.3 is 5.97 Å². The second-order valence-electron chi connectivity index (χ2n) is 6.95. The number of amides is 1. The molecule has 0 unspecified atom stereocenters. The summed E-state index contributed by atoms with van der Waals surface area (Å²) in [5, 5.41) is 10.1. The summed E-state index contributed by atoms with van der Waals surface area (Å²) >= 11 is 6.11. The molecule has 2 N–H and O–H groups in total. The van der Waals surface area contributed by atoms with Crippen LogP contribution in [0.25, 0.3) is 11.8 Å². The summed E-state index contributed by atoms with van der Waals surface area (Å²) in [7, 11) is 0. The van der Waals surface area contributed by atoms with Crippen molar-refractivity contribution >= 4 is 29.6 Å². The van der Waals surface area contributed by atoms with Crippen molar-refractivity contribution in [1.82, 2.24) is 4.57 Å². The van der Waals surface area contributed by atoms with Gasteiger partial charge in [0.2, 0.25) is 5.91 Å². The van der Waals surface area contributed by atoms with Crippen LogP contribution in [-0.4, -0.2) is 16.4 Å². The predicted octanol–water partition coefficient (Wildman–Crippen LogP) is 4.50. The van der Waals surface area contributed by atoms with Crippen LogP contribution >= 0.6 is 11.6 Å². The number of esters is 1. The minimum absolute atomic E-state index is 0.0828. The number of rotatable bonds is 6. The fourth-order valence-corrected chi connectivity index (χ4v) is 3.46. The number of nitrogens with two attached hydrogens (primary N) is 1. The highest BCUT2D eigenvalue weighted by atomic mass is 35.5. The van der Waals surface area contributed by atoms with E-state index < -0.39 is 11.9 Å². The smallest absolute Gasteiger partial charge is 0.349 e. The quantitative estimate of drug-likeness (QED) is 0.351. The van der Waals surface area contributed by atoms with Gasteiger partial charge in [0.25, 0.3) is 0 Å². The first-order valence-electron chi connectivity index (χ1n) is 9.42. The Morgan fingerprint density at radius 2 is 1.90 bits per heavy atom. The third-order valence-electron chi connectivity index (χ3n) is 4.76. The van der Waals surface area contributed by atoms with Crippen molar-refractivity contribution in [3.05, 3.63) is 93.3 Å². The van der Waals surface area contributed by atoms with Gasteiger partial charge in [-0.1, -0.05) is 29.8 Å². The third-order valence-corrected chi connectivity index (χ3v) is 4.99.